The molecule has 2 aromatic carbocycles. The van der Waals surface area contributed by atoms with Crippen LogP contribution in [-0.2, 0) is 6.42 Å². The molecular weight excluding hydrogens is 465 g/mol. The topological polar surface area (TPSA) is 98.3 Å². The van der Waals surface area contributed by atoms with E-state index >= 15 is 0 Å². The third kappa shape index (κ3) is 5.42. The number of aromatic nitrogens is 3. The lowest BCUT2D eigenvalue weighted by Crippen LogP contribution is -2.20. The lowest BCUT2D eigenvalue weighted by Gasteiger charge is -2.14. The van der Waals surface area contributed by atoms with Gasteiger partial charge < -0.3 is 14.8 Å². The first-order valence-corrected chi connectivity index (χ1v) is 10.7. The average molecular weight is 484 g/mol. The molecule has 8 nitrogen and oxygen atoms in total. The fraction of sp³-hybridized carbons (Fsp3) is 0.130. The molecular formula is C23H19Cl2N5O3. The van der Waals surface area contributed by atoms with E-state index in [-0.39, 0.29) is 0 Å². The Morgan fingerprint density at radius 2 is 1.76 bits per heavy atom. The van der Waals surface area contributed by atoms with Gasteiger partial charge in [-0.25, -0.2) is 14.8 Å². The highest BCUT2D eigenvalue weighted by atomic mass is 35.5. The lowest BCUT2D eigenvalue weighted by atomic mass is 10.2. The first-order chi connectivity index (χ1) is 16.0. The molecule has 0 atom stereocenters. The summed E-state index contributed by atoms with van der Waals surface area (Å²) in [4.78, 5) is 25.1. The molecule has 0 saturated carbocycles. The van der Waals surface area contributed by atoms with Gasteiger partial charge in [0.2, 0.25) is 0 Å². The van der Waals surface area contributed by atoms with E-state index in [1.807, 2.05) is 12.1 Å². The SMILES string of the molecule is COc1cc2c(NC(=O)Nc3c(Cl)cccc3Cl)ncnc2cc1OCCc1ccncc1. The molecule has 33 heavy (non-hydrogen) atoms. The molecule has 0 bridgehead atoms. The zero-order valence-electron chi connectivity index (χ0n) is 17.5. The van der Waals surface area contributed by atoms with Crippen LogP contribution >= 0.6 is 23.2 Å². The Kier molecular flexibility index (Phi) is 7.07. The molecule has 0 saturated heterocycles. The van der Waals surface area contributed by atoms with E-state index in [1.165, 1.54) is 6.33 Å². The van der Waals surface area contributed by atoms with Crippen molar-refractivity contribution in [3.8, 4) is 11.5 Å². The summed E-state index contributed by atoms with van der Waals surface area (Å²) in [6, 6.07) is 11.7. The summed E-state index contributed by atoms with van der Waals surface area (Å²) in [5.41, 5.74) is 2.00. The fourth-order valence-electron chi connectivity index (χ4n) is 3.13. The van der Waals surface area contributed by atoms with Crippen LogP contribution in [0.25, 0.3) is 10.9 Å². The van der Waals surface area contributed by atoms with Crippen molar-refractivity contribution >= 4 is 51.6 Å². The van der Waals surface area contributed by atoms with Crippen molar-refractivity contribution in [3.63, 3.8) is 0 Å². The van der Waals surface area contributed by atoms with Gasteiger partial charge in [-0.2, -0.15) is 0 Å². The van der Waals surface area contributed by atoms with Crippen molar-refractivity contribution in [2.45, 2.75) is 6.42 Å². The number of benzene rings is 2. The molecule has 0 aliphatic rings. The number of nitrogens with one attached hydrogen (secondary N) is 2. The number of ether oxygens (including phenoxy) is 2. The number of anilines is 2. The van der Waals surface area contributed by atoms with Gasteiger partial charge in [-0.1, -0.05) is 29.3 Å². The van der Waals surface area contributed by atoms with Crippen LogP contribution in [0.1, 0.15) is 5.56 Å². The standard InChI is InChI=1S/C23H19Cl2N5O3/c1-32-19-11-15-18(12-20(19)33-10-7-14-5-8-26-9-6-14)27-13-28-22(15)30-23(31)29-21-16(24)3-2-4-17(21)25/h2-6,8-9,11-13H,7,10H2,1H3,(H2,27,28,29,30,31). The summed E-state index contributed by atoms with van der Waals surface area (Å²) in [5, 5.41) is 6.56. The van der Waals surface area contributed by atoms with Gasteiger partial charge in [0.05, 0.1) is 35.0 Å². The summed E-state index contributed by atoms with van der Waals surface area (Å²) in [7, 11) is 1.54. The summed E-state index contributed by atoms with van der Waals surface area (Å²) in [6.07, 6.45) is 5.55. The van der Waals surface area contributed by atoms with Crippen molar-refractivity contribution in [1.29, 1.82) is 0 Å². The van der Waals surface area contributed by atoms with E-state index in [1.54, 1.807) is 49.8 Å². The highest BCUT2D eigenvalue weighted by Gasteiger charge is 2.15. The summed E-state index contributed by atoms with van der Waals surface area (Å²) >= 11 is 12.2. The highest BCUT2D eigenvalue weighted by molar-refractivity contribution is 6.39. The Balaban J connectivity index is 1.53. The van der Waals surface area contributed by atoms with E-state index in [2.05, 4.69) is 25.6 Å². The number of nitrogens with zero attached hydrogens (tertiary/aromatic N) is 3. The normalized spacial score (nSPS) is 10.6. The Labute approximate surface area is 199 Å². The van der Waals surface area contributed by atoms with E-state index < -0.39 is 6.03 Å². The maximum atomic E-state index is 12.6. The molecule has 0 fully saturated rings. The average Bonchev–Trinajstić information content (AvgIpc) is 2.82. The molecule has 2 aromatic heterocycles. The minimum Gasteiger partial charge on any atom is -0.493 e. The van der Waals surface area contributed by atoms with Crippen molar-refractivity contribution in [2.24, 2.45) is 0 Å². The molecule has 2 heterocycles. The number of hydrogen-bond donors (Lipinski definition) is 2. The third-order valence-corrected chi connectivity index (χ3v) is 5.38. The van der Waals surface area contributed by atoms with Crippen molar-refractivity contribution in [3.05, 3.63) is 76.8 Å². The smallest absolute Gasteiger partial charge is 0.324 e. The van der Waals surface area contributed by atoms with Gasteiger partial charge in [0, 0.05) is 30.3 Å². The molecule has 4 aromatic rings. The van der Waals surface area contributed by atoms with Gasteiger partial charge >= 0.3 is 6.03 Å². The minimum atomic E-state index is -0.554. The Bertz CT molecular complexity index is 1270. The van der Waals surface area contributed by atoms with Crippen LogP contribution in [0, 0.1) is 0 Å². The van der Waals surface area contributed by atoms with Crippen LogP contribution in [0.2, 0.25) is 10.0 Å². The second kappa shape index (κ2) is 10.3. The number of para-hydroxylation sites is 1. The lowest BCUT2D eigenvalue weighted by molar-refractivity contribution is 0.262. The van der Waals surface area contributed by atoms with Gasteiger partial charge in [-0.3, -0.25) is 10.3 Å². The molecule has 2 N–H and O–H groups in total. The minimum absolute atomic E-state index is 0.294. The zero-order chi connectivity index (χ0) is 23.2. The Hall–Kier alpha value is -3.62. The van der Waals surface area contributed by atoms with E-state index in [9.17, 15) is 4.79 Å². The first kappa shape index (κ1) is 22.6. The number of pyridine rings is 1. The number of carbonyl (C=O) groups is 1. The summed E-state index contributed by atoms with van der Waals surface area (Å²) < 4.78 is 11.4. The number of hydrogen-bond acceptors (Lipinski definition) is 6. The zero-order valence-corrected chi connectivity index (χ0v) is 19.0. The summed E-state index contributed by atoms with van der Waals surface area (Å²) in [6.45, 7) is 0.447. The molecule has 0 aliphatic heterocycles. The number of fused-ring (bicyclic) bond motifs is 1. The number of halogens is 2. The molecule has 10 heteroatoms. The first-order valence-electron chi connectivity index (χ1n) is 9.91. The number of carbonyl (C=O) groups excluding carboxylic acids is 1. The molecule has 0 unspecified atom stereocenters. The maximum absolute atomic E-state index is 12.6. The van der Waals surface area contributed by atoms with Crippen LogP contribution in [0.3, 0.4) is 0 Å². The maximum Gasteiger partial charge on any atom is 0.324 e. The van der Waals surface area contributed by atoms with Gasteiger partial charge in [0.15, 0.2) is 11.5 Å². The molecule has 0 radical (unpaired) electrons. The van der Waals surface area contributed by atoms with E-state index in [0.717, 1.165) is 5.56 Å². The van der Waals surface area contributed by atoms with E-state index in [0.29, 0.717) is 57.0 Å². The van der Waals surface area contributed by atoms with Crippen molar-refractivity contribution in [2.75, 3.05) is 24.4 Å². The monoisotopic (exact) mass is 483 g/mol. The highest BCUT2D eigenvalue weighted by Crippen LogP contribution is 2.34. The number of rotatable bonds is 7. The van der Waals surface area contributed by atoms with Crippen molar-refractivity contribution < 1.29 is 14.3 Å². The van der Waals surface area contributed by atoms with E-state index in [4.69, 9.17) is 32.7 Å². The third-order valence-electron chi connectivity index (χ3n) is 4.75. The Morgan fingerprint density at radius 3 is 2.48 bits per heavy atom. The van der Waals surface area contributed by atoms with Gasteiger partial charge in [0.1, 0.15) is 12.1 Å². The van der Waals surface area contributed by atoms with Crippen LogP contribution < -0.4 is 20.1 Å². The number of urea groups is 1. The Morgan fingerprint density at radius 1 is 1.00 bits per heavy atom. The fourth-order valence-corrected chi connectivity index (χ4v) is 3.63. The van der Waals surface area contributed by atoms with Crippen LogP contribution in [0.15, 0.2) is 61.2 Å². The van der Waals surface area contributed by atoms with Crippen molar-refractivity contribution in [1.82, 2.24) is 15.0 Å². The molecule has 2 amide bonds. The van der Waals surface area contributed by atoms with Gasteiger partial charge in [0.25, 0.3) is 0 Å². The van der Waals surface area contributed by atoms with Gasteiger partial charge in [-0.05, 0) is 35.9 Å². The van der Waals surface area contributed by atoms with Crippen LogP contribution in [-0.4, -0.2) is 34.7 Å². The molecule has 168 valence electrons. The van der Waals surface area contributed by atoms with Gasteiger partial charge in [-0.15, -0.1) is 0 Å². The molecule has 0 aliphatic carbocycles. The predicted molar refractivity (Wildman–Crippen MR) is 129 cm³/mol. The quantitative estimate of drug-likeness (QED) is 0.354. The second-order valence-corrected chi connectivity index (χ2v) is 7.69. The van der Waals surface area contributed by atoms with Crippen LogP contribution in [0.4, 0.5) is 16.3 Å². The predicted octanol–water partition coefficient (Wildman–Crippen LogP) is 5.61. The summed E-state index contributed by atoms with van der Waals surface area (Å²) in [5.74, 6) is 1.32. The van der Waals surface area contributed by atoms with Crippen LogP contribution in [0.5, 0.6) is 11.5 Å². The molecule has 0 spiro atoms. The number of amides is 2. The molecule has 4 rings (SSSR count). The number of methoxy groups -OCH3 is 1. The second-order valence-electron chi connectivity index (χ2n) is 6.87. The largest absolute Gasteiger partial charge is 0.493 e.